The molecule has 160 valence electrons. The van der Waals surface area contributed by atoms with Gasteiger partial charge in [0.2, 0.25) is 10.0 Å². The highest BCUT2D eigenvalue weighted by molar-refractivity contribution is 7.89. The Hall–Kier alpha value is -2.76. The number of nitrogens with zero attached hydrogens (tertiary/aromatic N) is 4. The molecule has 10 nitrogen and oxygen atoms in total. The SMILES string of the molecule is O=C(NCCS(=O)(=O)N1CCN(c2ccccn2)CC1)c1ccc(Cl)cc1[N+](=O)[O-]. The number of hydrogen-bond acceptors (Lipinski definition) is 7. The van der Waals surface area contributed by atoms with Crippen LogP contribution in [0.15, 0.2) is 42.6 Å². The Morgan fingerprint density at radius 2 is 1.93 bits per heavy atom. The van der Waals surface area contributed by atoms with Gasteiger partial charge in [-0.1, -0.05) is 17.7 Å². The van der Waals surface area contributed by atoms with Crippen molar-refractivity contribution < 1.29 is 18.1 Å². The van der Waals surface area contributed by atoms with Crippen LogP contribution in [0.5, 0.6) is 0 Å². The summed E-state index contributed by atoms with van der Waals surface area (Å²) in [7, 11) is -3.58. The van der Waals surface area contributed by atoms with Crippen LogP contribution in [0, 0.1) is 10.1 Å². The number of aromatic nitrogens is 1. The number of halogens is 1. The molecular formula is C18H20ClN5O5S. The Morgan fingerprint density at radius 1 is 1.20 bits per heavy atom. The van der Waals surface area contributed by atoms with Gasteiger partial charge in [0.1, 0.15) is 11.4 Å². The highest BCUT2D eigenvalue weighted by Gasteiger charge is 2.27. The van der Waals surface area contributed by atoms with E-state index in [1.165, 1.54) is 16.4 Å². The molecular weight excluding hydrogens is 434 g/mol. The van der Waals surface area contributed by atoms with Gasteiger partial charge in [0, 0.05) is 50.0 Å². The Labute approximate surface area is 178 Å². The molecule has 0 unspecified atom stereocenters. The second kappa shape index (κ2) is 9.37. The molecule has 1 fully saturated rings. The third-order valence-electron chi connectivity index (χ3n) is 4.65. The Balaban J connectivity index is 1.54. The topological polar surface area (TPSA) is 126 Å². The Bertz CT molecular complexity index is 1030. The molecule has 12 heteroatoms. The molecule has 1 N–H and O–H groups in total. The van der Waals surface area contributed by atoms with Gasteiger partial charge in [0.15, 0.2) is 0 Å². The number of rotatable bonds is 7. The Kier molecular flexibility index (Phi) is 6.85. The standard InChI is InChI=1S/C18H20ClN5O5S/c19-14-4-5-15(16(13-14)24(26)27)18(25)21-7-12-30(28,29)23-10-8-22(9-11-23)17-3-1-2-6-20-17/h1-6,13H,7-12H2,(H,21,25). The van der Waals surface area contributed by atoms with E-state index in [0.29, 0.717) is 26.2 Å². The van der Waals surface area contributed by atoms with Gasteiger partial charge in [0.05, 0.1) is 10.7 Å². The van der Waals surface area contributed by atoms with Gasteiger partial charge >= 0.3 is 0 Å². The maximum absolute atomic E-state index is 12.6. The molecule has 1 saturated heterocycles. The summed E-state index contributed by atoms with van der Waals surface area (Å²) in [5.74, 6) is -0.233. The average Bonchev–Trinajstić information content (AvgIpc) is 2.74. The lowest BCUT2D eigenvalue weighted by Crippen LogP contribution is -2.50. The van der Waals surface area contributed by atoms with Crippen LogP contribution >= 0.6 is 11.6 Å². The highest BCUT2D eigenvalue weighted by Crippen LogP contribution is 2.23. The lowest BCUT2D eigenvalue weighted by molar-refractivity contribution is -0.385. The van der Waals surface area contributed by atoms with E-state index in [2.05, 4.69) is 10.3 Å². The number of hydrogen-bond donors (Lipinski definition) is 1. The second-order valence-corrected chi connectivity index (χ2v) is 9.09. The summed E-state index contributed by atoms with van der Waals surface area (Å²) >= 11 is 5.74. The number of piperazine rings is 1. The first-order valence-electron chi connectivity index (χ1n) is 9.14. The summed E-state index contributed by atoms with van der Waals surface area (Å²) in [6, 6.07) is 9.24. The molecule has 1 aliphatic heterocycles. The molecule has 2 aromatic rings. The zero-order valence-electron chi connectivity index (χ0n) is 15.9. The van der Waals surface area contributed by atoms with E-state index in [-0.39, 0.29) is 22.9 Å². The van der Waals surface area contributed by atoms with Crippen molar-refractivity contribution in [1.82, 2.24) is 14.6 Å². The summed E-state index contributed by atoms with van der Waals surface area (Å²) in [6.45, 7) is 1.49. The van der Waals surface area contributed by atoms with Crippen LogP contribution in [0.3, 0.4) is 0 Å². The minimum atomic E-state index is -3.58. The molecule has 2 heterocycles. The molecule has 1 amide bonds. The number of nitro groups is 1. The van der Waals surface area contributed by atoms with Gasteiger partial charge < -0.3 is 10.2 Å². The number of amides is 1. The van der Waals surface area contributed by atoms with Crippen LogP contribution in [0.25, 0.3) is 0 Å². The minimum absolute atomic E-state index is 0.130. The number of benzene rings is 1. The van der Waals surface area contributed by atoms with Crippen LogP contribution in [0.4, 0.5) is 11.5 Å². The van der Waals surface area contributed by atoms with Gasteiger partial charge in [-0.15, -0.1) is 0 Å². The van der Waals surface area contributed by atoms with Gasteiger partial charge in [-0.3, -0.25) is 14.9 Å². The van der Waals surface area contributed by atoms with Crippen LogP contribution in [-0.4, -0.2) is 67.0 Å². The van der Waals surface area contributed by atoms with E-state index >= 15 is 0 Å². The molecule has 3 rings (SSSR count). The summed E-state index contributed by atoms with van der Waals surface area (Å²) in [4.78, 5) is 28.9. The van der Waals surface area contributed by atoms with E-state index in [4.69, 9.17) is 11.6 Å². The van der Waals surface area contributed by atoms with Gasteiger partial charge in [-0.2, -0.15) is 4.31 Å². The maximum atomic E-state index is 12.6. The lowest BCUT2D eigenvalue weighted by Gasteiger charge is -2.34. The van der Waals surface area contributed by atoms with Gasteiger partial charge in [0.25, 0.3) is 11.6 Å². The summed E-state index contributed by atoms with van der Waals surface area (Å²) < 4.78 is 26.5. The minimum Gasteiger partial charge on any atom is -0.354 e. The average molecular weight is 454 g/mol. The van der Waals surface area contributed by atoms with Crippen molar-refractivity contribution in [1.29, 1.82) is 0 Å². The highest BCUT2D eigenvalue weighted by atomic mass is 35.5. The monoisotopic (exact) mass is 453 g/mol. The zero-order valence-corrected chi connectivity index (χ0v) is 17.5. The van der Waals surface area contributed by atoms with Crippen molar-refractivity contribution in [2.45, 2.75) is 0 Å². The molecule has 0 saturated carbocycles. The maximum Gasteiger partial charge on any atom is 0.283 e. The van der Waals surface area contributed by atoms with Crippen LogP contribution in [-0.2, 0) is 10.0 Å². The number of nitrogens with one attached hydrogen (secondary N) is 1. The normalized spacial score (nSPS) is 15.0. The van der Waals surface area contributed by atoms with Crippen molar-refractivity contribution in [3.63, 3.8) is 0 Å². The van der Waals surface area contributed by atoms with E-state index in [9.17, 15) is 23.3 Å². The fourth-order valence-electron chi connectivity index (χ4n) is 3.10. The lowest BCUT2D eigenvalue weighted by atomic mass is 10.1. The molecule has 1 aromatic heterocycles. The second-order valence-electron chi connectivity index (χ2n) is 6.56. The summed E-state index contributed by atoms with van der Waals surface area (Å²) in [5.41, 5.74) is -0.612. The van der Waals surface area contributed by atoms with Crippen LogP contribution < -0.4 is 10.2 Å². The predicted molar refractivity (Wildman–Crippen MR) is 112 cm³/mol. The molecule has 0 aliphatic carbocycles. The third-order valence-corrected chi connectivity index (χ3v) is 6.76. The van der Waals surface area contributed by atoms with E-state index < -0.39 is 26.5 Å². The van der Waals surface area contributed by atoms with E-state index in [0.717, 1.165) is 11.9 Å². The van der Waals surface area contributed by atoms with Gasteiger partial charge in [-0.25, -0.2) is 13.4 Å². The quantitative estimate of drug-likeness (QED) is 0.497. The van der Waals surface area contributed by atoms with E-state index in [1.807, 2.05) is 23.1 Å². The molecule has 0 radical (unpaired) electrons. The largest absolute Gasteiger partial charge is 0.354 e. The third kappa shape index (κ3) is 5.23. The first-order valence-corrected chi connectivity index (χ1v) is 11.1. The number of carbonyl (C=O) groups is 1. The fourth-order valence-corrected chi connectivity index (χ4v) is 4.61. The predicted octanol–water partition coefficient (Wildman–Crippen LogP) is 1.53. The van der Waals surface area contributed by atoms with Crippen LogP contribution in [0.1, 0.15) is 10.4 Å². The first kappa shape index (κ1) is 21.9. The number of pyridine rings is 1. The first-order chi connectivity index (χ1) is 14.3. The smallest absolute Gasteiger partial charge is 0.283 e. The zero-order chi connectivity index (χ0) is 21.7. The van der Waals surface area contributed by atoms with Gasteiger partial charge in [-0.05, 0) is 24.3 Å². The van der Waals surface area contributed by atoms with E-state index in [1.54, 1.807) is 6.20 Å². The number of nitro benzene ring substituents is 1. The van der Waals surface area contributed by atoms with Crippen molar-refractivity contribution in [2.75, 3.05) is 43.4 Å². The summed E-state index contributed by atoms with van der Waals surface area (Å²) in [5, 5.41) is 13.7. The van der Waals surface area contributed by atoms with Crippen molar-refractivity contribution in [3.05, 3.63) is 63.3 Å². The Morgan fingerprint density at radius 3 is 2.57 bits per heavy atom. The molecule has 0 atom stereocenters. The van der Waals surface area contributed by atoms with Crippen molar-refractivity contribution >= 4 is 39.0 Å². The number of sulfonamides is 1. The fraction of sp³-hybridized carbons (Fsp3) is 0.333. The van der Waals surface area contributed by atoms with Crippen molar-refractivity contribution in [3.8, 4) is 0 Å². The summed E-state index contributed by atoms with van der Waals surface area (Å²) in [6.07, 6.45) is 1.69. The number of carbonyl (C=O) groups excluding carboxylic acids is 1. The molecule has 1 aliphatic rings. The number of anilines is 1. The molecule has 0 spiro atoms. The van der Waals surface area contributed by atoms with Crippen molar-refractivity contribution in [2.24, 2.45) is 0 Å². The van der Waals surface area contributed by atoms with Crippen LogP contribution in [0.2, 0.25) is 5.02 Å². The molecule has 30 heavy (non-hydrogen) atoms. The molecule has 0 bridgehead atoms. The molecule has 1 aromatic carbocycles.